The lowest BCUT2D eigenvalue weighted by Crippen LogP contribution is -2.32. The molecule has 4 rings (SSSR count). The third-order valence-electron chi connectivity index (χ3n) is 4.96. The van der Waals surface area contributed by atoms with Crippen molar-refractivity contribution in [2.75, 3.05) is 6.54 Å². The van der Waals surface area contributed by atoms with E-state index in [4.69, 9.17) is 16.0 Å². The maximum atomic E-state index is 12.7. The molecule has 1 amide bonds. The van der Waals surface area contributed by atoms with Crippen molar-refractivity contribution in [3.05, 3.63) is 81.8 Å². The fraction of sp³-hybridized carbons (Fsp3) is 0.217. The van der Waals surface area contributed by atoms with E-state index in [1.54, 1.807) is 29.3 Å². The van der Waals surface area contributed by atoms with Gasteiger partial charge in [0.2, 0.25) is 5.91 Å². The molecule has 2 aromatic carbocycles. The third kappa shape index (κ3) is 4.83. The Morgan fingerprint density at radius 1 is 1.19 bits per heavy atom. The molecule has 0 spiro atoms. The molecule has 0 unspecified atom stereocenters. The maximum absolute atomic E-state index is 12.7. The van der Waals surface area contributed by atoms with E-state index in [-0.39, 0.29) is 24.4 Å². The molecule has 2 aromatic heterocycles. The molecule has 0 saturated heterocycles. The molecule has 0 bridgehead atoms. The van der Waals surface area contributed by atoms with Crippen LogP contribution in [0.4, 0.5) is 0 Å². The first kappa shape index (κ1) is 20.8. The zero-order chi connectivity index (χ0) is 21.8. The van der Waals surface area contributed by atoms with Crippen LogP contribution in [0.2, 0.25) is 5.02 Å². The Balaban J connectivity index is 1.43. The first-order chi connectivity index (χ1) is 15.0. The highest BCUT2D eigenvalue weighted by molar-refractivity contribution is 6.31. The standard InChI is InChI=1S/C23H21ClN4O3/c1-2-28(14-20-26-18-12-16(24)8-9-17(18)23(30)27-20)22(29)11-10-21-25-13-19(31-21)15-6-4-3-5-7-15/h3-9,12-13H,2,10-11,14H2,1H3,(H,26,27,30). The average Bonchev–Trinajstić information content (AvgIpc) is 3.25. The van der Waals surface area contributed by atoms with E-state index in [9.17, 15) is 9.59 Å². The van der Waals surface area contributed by atoms with Crippen molar-refractivity contribution in [1.82, 2.24) is 19.9 Å². The Morgan fingerprint density at radius 3 is 2.77 bits per heavy atom. The number of benzene rings is 2. The highest BCUT2D eigenvalue weighted by Crippen LogP contribution is 2.20. The van der Waals surface area contributed by atoms with Crippen molar-refractivity contribution in [3.63, 3.8) is 0 Å². The summed E-state index contributed by atoms with van der Waals surface area (Å²) in [5.74, 6) is 1.52. The molecule has 31 heavy (non-hydrogen) atoms. The highest BCUT2D eigenvalue weighted by atomic mass is 35.5. The minimum atomic E-state index is -0.256. The average molecular weight is 437 g/mol. The van der Waals surface area contributed by atoms with Crippen molar-refractivity contribution >= 4 is 28.4 Å². The Hall–Kier alpha value is -3.45. The Morgan fingerprint density at radius 2 is 2.00 bits per heavy atom. The molecule has 2 heterocycles. The number of rotatable bonds is 7. The molecule has 0 fully saturated rings. The summed E-state index contributed by atoms with van der Waals surface area (Å²) in [5.41, 5.74) is 1.19. The lowest BCUT2D eigenvalue weighted by molar-refractivity contribution is -0.131. The van der Waals surface area contributed by atoms with Crippen LogP contribution in [0.3, 0.4) is 0 Å². The monoisotopic (exact) mass is 436 g/mol. The molecular formula is C23H21ClN4O3. The van der Waals surface area contributed by atoms with Crippen molar-refractivity contribution in [1.29, 1.82) is 0 Å². The zero-order valence-electron chi connectivity index (χ0n) is 17.0. The van der Waals surface area contributed by atoms with Crippen LogP contribution in [-0.2, 0) is 17.8 Å². The molecule has 158 valence electrons. The summed E-state index contributed by atoms with van der Waals surface area (Å²) in [4.78, 5) is 38.2. The topological polar surface area (TPSA) is 92.1 Å². The summed E-state index contributed by atoms with van der Waals surface area (Å²) in [6, 6.07) is 14.6. The predicted octanol–water partition coefficient (Wildman–Crippen LogP) is 4.21. The molecule has 0 aliphatic heterocycles. The van der Waals surface area contributed by atoms with Gasteiger partial charge in [-0.15, -0.1) is 0 Å². The minimum absolute atomic E-state index is 0.0733. The largest absolute Gasteiger partial charge is 0.441 e. The number of hydrogen-bond donors (Lipinski definition) is 1. The quantitative estimate of drug-likeness (QED) is 0.468. The fourth-order valence-electron chi connectivity index (χ4n) is 3.33. The first-order valence-electron chi connectivity index (χ1n) is 10.00. The Labute approximate surface area is 183 Å². The molecule has 0 aliphatic rings. The second-order valence-electron chi connectivity index (χ2n) is 7.07. The van der Waals surface area contributed by atoms with Crippen molar-refractivity contribution in [3.8, 4) is 11.3 Å². The number of hydrogen-bond acceptors (Lipinski definition) is 5. The van der Waals surface area contributed by atoms with Gasteiger partial charge in [0.15, 0.2) is 11.7 Å². The number of carbonyl (C=O) groups excluding carboxylic acids is 1. The van der Waals surface area contributed by atoms with E-state index >= 15 is 0 Å². The van der Waals surface area contributed by atoms with E-state index in [1.165, 1.54) is 0 Å². The fourth-order valence-corrected chi connectivity index (χ4v) is 3.49. The van der Waals surface area contributed by atoms with Gasteiger partial charge in [0, 0.05) is 30.0 Å². The van der Waals surface area contributed by atoms with Crippen LogP contribution in [0.5, 0.6) is 0 Å². The molecule has 0 aliphatic carbocycles. The Kier molecular flexibility index (Phi) is 6.13. The SMILES string of the molecule is CCN(Cc1nc2cc(Cl)ccc2c(=O)[nH]1)C(=O)CCc1ncc(-c2ccccc2)o1. The highest BCUT2D eigenvalue weighted by Gasteiger charge is 2.16. The van der Waals surface area contributed by atoms with E-state index in [0.29, 0.717) is 46.4 Å². The maximum Gasteiger partial charge on any atom is 0.258 e. The van der Waals surface area contributed by atoms with Gasteiger partial charge in [0.25, 0.3) is 5.56 Å². The molecule has 1 N–H and O–H groups in total. The number of aryl methyl sites for hydroxylation is 1. The smallest absolute Gasteiger partial charge is 0.258 e. The van der Waals surface area contributed by atoms with Gasteiger partial charge in [-0.2, -0.15) is 0 Å². The van der Waals surface area contributed by atoms with Gasteiger partial charge >= 0.3 is 0 Å². The van der Waals surface area contributed by atoms with Crippen LogP contribution in [0.1, 0.15) is 25.1 Å². The summed E-state index contributed by atoms with van der Waals surface area (Å²) in [7, 11) is 0. The lowest BCUT2D eigenvalue weighted by atomic mass is 10.2. The summed E-state index contributed by atoms with van der Waals surface area (Å²) in [6.45, 7) is 2.57. The number of nitrogens with one attached hydrogen (secondary N) is 1. The van der Waals surface area contributed by atoms with Crippen molar-refractivity contribution in [2.24, 2.45) is 0 Å². The molecule has 4 aromatic rings. The van der Waals surface area contributed by atoms with Gasteiger partial charge in [0.1, 0.15) is 5.82 Å². The normalized spacial score (nSPS) is 11.0. The van der Waals surface area contributed by atoms with Crippen LogP contribution in [0.25, 0.3) is 22.2 Å². The van der Waals surface area contributed by atoms with Crippen LogP contribution in [0.15, 0.2) is 63.9 Å². The number of amides is 1. The van der Waals surface area contributed by atoms with Crippen LogP contribution >= 0.6 is 11.6 Å². The first-order valence-corrected chi connectivity index (χ1v) is 10.4. The van der Waals surface area contributed by atoms with E-state index < -0.39 is 0 Å². The van der Waals surface area contributed by atoms with Gasteiger partial charge in [-0.25, -0.2) is 9.97 Å². The molecule has 7 nitrogen and oxygen atoms in total. The predicted molar refractivity (Wildman–Crippen MR) is 119 cm³/mol. The molecule has 8 heteroatoms. The number of aromatic nitrogens is 3. The van der Waals surface area contributed by atoms with Gasteiger partial charge in [-0.05, 0) is 25.1 Å². The lowest BCUT2D eigenvalue weighted by Gasteiger charge is -2.20. The second-order valence-corrected chi connectivity index (χ2v) is 7.50. The Bertz CT molecular complexity index is 1270. The number of aromatic amines is 1. The van der Waals surface area contributed by atoms with Crippen LogP contribution in [-0.4, -0.2) is 32.3 Å². The third-order valence-corrected chi connectivity index (χ3v) is 5.19. The number of nitrogens with zero attached hydrogens (tertiary/aromatic N) is 3. The van der Waals surface area contributed by atoms with Gasteiger partial charge in [-0.3, -0.25) is 9.59 Å². The number of carbonyl (C=O) groups is 1. The van der Waals surface area contributed by atoms with Gasteiger partial charge < -0.3 is 14.3 Å². The van der Waals surface area contributed by atoms with E-state index in [1.807, 2.05) is 37.3 Å². The van der Waals surface area contributed by atoms with E-state index in [2.05, 4.69) is 15.0 Å². The molecule has 0 atom stereocenters. The summed E-state index contributed by atoms with van der Waals surface area (Å²) in [6.07, 6.45) is 2.30. The second kappa shape index (κ2) is 9.14. The molecular weight excluding hydrogens is 416 g/mol. The van der Waals surface area contributed by atoms with Crippen LogP contribution < -0.4 is 5.56 Å². The number of fused-ring (bicyclic) bond motifs is 1. The van der Waals surface area contributed by atoms with Crippen molar-refractivity contribution < 1.29 is 9.21 Å². The molecule has 0 saturated carbocycles. The number of H-pyrrole nitrogens is 1. The molecule has 0 radical (unpaired) electrons. The van der Waals surface area contributed by atoms with Gasteiger partial charge in [0.05, 0.1) is 23.6 Å². The zero-order valence-corrected chi connectivity index (χ0v) is 17.7. The van der Waals surface area contributed by atoms with E-state index in [0.717, 1.165) is 5.56 Å². The summed E-state index contributed by atoms with van der Waals surface area (Å²) in [5, 5.41) is 0.960. The van der Waals surface area contributed by atoms with Crippen LogP contribution in [0, 0.1) is 0 Å². The number of halogens is 1. The van der Waals surface area contributed by atoms with Crippen molar-refractivity contribution in [2.45, 2.75) is 26.3 Å². The summed E-state index contributed by atoms with van der Waals surface area (Å²) >= 11 is 6.02. The number of oxazole rings is 1. The minimum Gasteiger partial charge on any atom is -0.441 e. The van der Waals surface area contributed by atoms with Gasteiger partial charge in [-0.1, -0.05) is 41.9 Å². The summed E-state index contributed by atoms with van der Waals surface area (Å²) < 4.78 is 5.77.